The maximum Gasteiger partial charge on any atom is 0.325 e. The molecule has 1 aromatic carbocycles. The summed E-state index contributed by atoms with van der Waals surface area (Å²) in [6, 6.07) is 9.20. The third kappa shape index (κ3) is 3.67. The average Bonchev–Trinajstić information content (AvgIpc) is 2.77. The molecule has 1 aliphatic carbocycles. The fourth-order valence-electron chi connectivity index (χ4n) is 3.69. The quantitative estimate of drug-likeness (QED) is 0.853. The number of imide groups is 1. The van der Waals surface area contributed by atoms with Crippen molar-refractivity contribution >= 4 is 17.8 Å². The molecular weight excluding hydrogens is 318 g/mol. The van der Waals surface area contributed by atoms with Crippen LogP contribution in [-0.2, 0) is 16.1 Å². The van der Waals surface area contributed by atoms with Gasteiger partial charge in [0.2, 0.25) is 5.91 Å². The Morgan fingerprint density at radius 3 is 2.40 bits per heavy atom. The monoisotopic (exact) mass is 343 g/mol. The van der Waals surface area contributed by atoms with Crippen LogP contribution in [0.15, 0.2) is 30.3 Å². The maximum atomic E-state index is 12.8. The minimum atomic E-state index is -0.786. The summed E-state index contributed by atoms with van der Waals surface area (Å²) in [6.07, 6.45) is 5.38. The molecule has 0 radical (unpaired) electrons. The van der Waals surface area contributed by atoms with Crippen molar-refractivity contribution < 1.29 is 14.4 Å². The summed E-state index contributed by atoms with van der Waals surface area (Å²) >= 11 is 0. The number of rotatable bonds is 4. The predicted molar refractivity (Wildman–Crippen MR) is 93.6 cm³/mol. The van der Waals surface area contributed by atoms with E-state index in [0.717, 1.165) is 36.1 Å². The van der Waals surface area contributed by atoms with Gasteiger partial charge in [0.25, 0.3) is 5.91 Å². The molecule has 1 saturated heterocycles. The number of carbonyl (C=O) groups is 3. The first kappa shape index (κ1) is 17.5. The van der Waals surface area contributed by atoms with E-state index in [9.17, 15) is 14.4 Å². The Morgan fingerprint density at radius 2 is 1.76 bits per heavy atom. The second-order valence-electron chi connectivity index (χ2n) is 7.05. The average molecular weight is 343 g/mol. The molecule has 3 rings (SSSR count). The highest BCUT2D eigenvalue weighted by atomic mass is 16.2. The molecule has 1 heterocycles. The third-order valence-electron chi connectivity index (χ3n) is 5.18. The van der Waals surface area contributed by atoms with E-state index in [0.29, 0.717) is 19.4 Å². The van der Waals surface area contributed by atoms with Gasteiger partial charge >= 0.3 is 6.03 Å². The van der Waals surface area contributed by atoms with E-state index < -0.39 is 11.6 Å². The summed E-state index contributed by atoms with van der Waals surface area (Å²) in [5.41, 5.74) is 0.224. The molecule has 2 fully saturated rings. The minimum absolute atomic E-state index is 0.199. The van der Waals surface area contributed by atoms with Crippen LogP contribution in [0.25, 0.3) is 0 Å². The first-order valence-corrected chi connectivity index (χ1v) is 8.94. The van der Waals surface area contributed by atoms with Crippen molar-refractivity contribution in [2.24, 2.45) is 0 Å². The van der Waals surface area contributed by atoms with Crippen LogP contribution in [0.4, 0.5) is 4.79 Å². The van der Waals surface area contributed by atoms with Crippen molar-refractivity contribution in [1.29, 1.82) is 0 Å². The van der Waals surface area contributed by atoms with Crippen LogP contribution in [0.1, 0.15) is 44.1 Å². The van der Waals surface area contributed by atoms with Gasteiger partial charge in [-0.3, -0.25) is 14.5 Å². The van der Waals surface area contributed by atoms with Crippen molar-refractivity contribution in [3.63, 3.8) is 0 Å². The minimum Gasteiger partial charge on any atom is -0.340 e. The zero-order valence-electron chi connectivity index (χ0n) is 14.7. The molecule has 6 nitrogen and oxygen atoms in total. The second-order valence-corrected chi connectivity index (χ2v) is 7.05. The molecule has 1 aliphatic heterocycles. The van der Waals surface area contributed by atoms with E-state index in [1.165, 1.54) is 0 Å². The van der Waals surface area contributed by atoms with Crippen LogP contribution >= 0.6 is 0 Å². The summed E-state index contributed by atoms with van der Waals surface area (Å²) in [6.45, 7) is 0.254. The fourth-order valence-corrected chi connectivity index (χ4v) is 3.69. The van der Waals surface area contributed by atoms with E-state index in [-0.39, 0.29) is 18.4 Å². The lowest BCUT2D eigenvalue weighted by atomic mass is 9.90. The smallest absolute Gasteiger partial charge is 0.325 e. The molecule has 0 atom stereocenters. The zero-order chi connectivity index (χ0) is 17.9. The molecule has 25 heavy (non-hydrogen) atoms. The molecule has 1 N–H and O–H groups in total. The Hall–Kier alpha value is -2.37. The summed E-state index contributed by atoms with van der Waals surface area (Å²) in [7, 11) is 1.69. The van der Waals surface area contributed by atoms with Crippen LogP contribution in [0.3, 0.4) is 0 Å². The lowest BCUT2D eigenvalue weighted by Crippen LogP contribution is -2.47. The number of urea groups is 1. The number of nitrogens with zero attached hydrogens (tertiary/aromatic N) is 2. The first-order chi connectivity index (χ1) is 12.0. The van der Waals surface area contributed by atoms with E-state index in [1.807, 2.05) is 30.3 Å². The van der Waals surface area contributed by atoms with E-state index in [1.54, 1.807) is 11.9 Å². The highest BCUT2D eigenvalue weighted by Crippen LogP contribution is 2.32. The molecule has 1 saturated carbocycles. The van der Waals surface area contributed by atoms with Crippen LogP contribution in [-0.4, -0.2) is 46.8 Å². The molecule has 6 heteroatoms. The Kier molecular flexibility index (Phi) is 5.06. The topological polar surface area (TPSA) is 69.7 Å². The standard InChI is InChI=1S/C19H25N3O3/c1-21(13-15-9-5-4-6-10-15)16(23)14-22-17(24)19(20-18(22)25)11-7-2-3-8-12-19/h4-6,9-10H,2-3,7-8,11-14H2,1H3,(H,20,25). The number of hydrogen-bond acceptors (Lipinski definition) is 3. The van der Waals surface area contributed by atoms with Crippen molar-refractivity contribution in [2.75, 3.05) is 13.6 Å². The number of likely N-dealkylation sites (N-methyl/N-ethyl adjacent to an activating group) is 1. The van der Waals surface area contributed by atoms with E-state index in [2.05, 4.69) is 5.32 Å². The molecule has 1 spiro atoms. The maximum absolute atomic E-state index is 12.8. The van der Waals surface area contributed by atoms with Gasteiger partial charge in [-0.05, 0) is 18.4 Å². The molecule has 0 aromatic heterocycles. The summed E-state index contributed by atoms with van der Waals surface area (Å²) in [5.74, 6) is -0.473. The molecule has 0 unspecified atom stereocenters. The number of nitrogens with one attached hydrogen (secondary N) is 1. The summed E-state index contributed by atoms with van der Waals surface area (Å²) in [4.78, 5) is 40.3. The van der Waals surface area contributed by atoms with Crippen LogP contribution in [0, 0.1) is 0 Å². The Labute approximate surface area is 148 Å². The van der Waals surface area contributed by atoms with Gasteiger partial charge in [0, 0.05) is 13.6 Å². The van der Waals surface area contributed by atoms with E-state index >= 15 is 0 Å². The highest BCUT2D eigenvalue weighted by Gasteiger charge is 2.51. The molecule has 0 bridgehead atoms. The van der Waals surface area contributed by atoms with Gasteiger partial charge in [-0.2, -0.15) is 0 Å². The lowest BCUT2D eigenvalue weighted by Gasteiger charge is -2.25. The van der Waals surface area contributed by atoms with Crippen molar-refractivity contribution in [1.82, 2.24) is 15.1 Å². The first-order valence-electron chi connectivity index (χ1n) is 8.94. The fraction of sp³-hybridized carbons (Fsp3) is 0.526. The SMILES string of the molecule is CN(Cc1ccccc1)C(=O)CN1C(=O)NC2(CCCCCC2)C1=O. The van der Waals surface area contributed by atoms with Crippen LogP contribution in [0.5, 0.6) is 0 Å². The van der Waals surface area contributed by atoms with Gasteiger partial charge in [-0.1, -0.05) is 56.0 Å². The van der Waals surface area contributed by atoms with Gasteiger partial charge in [0.15, 0.2) is 0 Å². The number of hydrogen-bond donors (Lipinski definition) is 1. The lowest BCUT2D eigenvalue weighted by molar-refractivity contribution is -0.138. The van der Waals surface area contributed by atoms with E-state index in [4.69, 9.17) is 0 Å². The number of benzene rings is 1. The Morgan fingerprint density at radius 1 is 1.12 bits per heavy atom. The number of amides is 4. The third-order valence-corrected chi connectivity index (χ3v) is 5.18. The summed E-state index contributed by atoms with van der Waals surface area (Å²) in [5, 5.41) is 2.87. The Balaban J connectivity index is 1.64. The van der Waals surface area contributed by atoms with Gasteiger partial charge in [-0.15, -0.1) is 0 Å². The molecule has 134 valence electrons. The van der Waals surface area contributed by atoms with Crippen LogP contribution in [0.2, 0.25) is 0 Å². The highest BCUT2D eigenvalue weighted by molar-refractivity contribution is 6.09. The Bertz CT molecular complexity index is 651. The van der Waals surface area contributed by atoms with Gasteiger partial charge in [-0.25, -0.2) is 4.79 Å². The summed E-state index contributed by atoms with van der Waals surface area (Å²) < 4.78 is 0. The van der Waals surface area contributed by atoms with Gasteiger partial charge in [0.1, 0.15) is 12.1 Å². The van der Waals surface area contributed by atoms with Crippen molar-refractivity contribution in [3.8, 4) is 0 Å². The number of carbonyl (C=O) groups excluding carboxylic acids is 3. The molecule has 1 aromatic rings. The predicted octanol–water partition coefficient (Wildman–Crippen LogP) is 2.29. The normalized spacial score (nSPS) is 19.6. The van der Waals surface area contributed by atoms with Crippen molar-refractivity contribution in [2.45, 2.75) is 50.6 Å². The van der Waals surface area contributed by atoms with Gasteiger partial charge < -0.3 is 10.2 Å². The second kappa shape index (κ2) is 7.25. The molecular formula is C19H25N3O3. The molecule has 4 amide bonds. The largest absolute Gasteiger partial charge is 0.340 e. The zero-order valence-corrected chi connectivity index (χ0v) is 14.7. The molecule has 2 aliphatic rings. The van der Waals surface area contributed by atoms with Gasteiger partial charge in [0.05, 0.1) is 0 Å². The van der Waals surface area contributed by atoms with Crippen molar-refractivity contribution in [3.05, 3.63) is 35.9 Å². The van der Waals surface area contributed by atoms with Crippen LogP contribution < -0.4 is 5.32 Å².